The molecule has 8 unspecified atom stereocenters. The Bertz CT molecular complexity index is 1270. The summed E-state index contributed by atoms with van der Waals surface area (Å²) in [5, 5.41) is 30.2. The molecule has 2 N–H and O–H groups in total. The molecule has 4 aliphatic carbocycles. The molecule has 4 aliphatic rings. The van der Waals surface area contributed by atoms with Gasteiger partial charge in [0, 0.05) is 23.7 Å². The normalized spacial score (nSPS) is 34.0. The molecule has 0 aromatic carbocycles. The number of fused-ring (bicyclic) bond motifs is 5. The van der Waals surface area contributed by atoms with Gasteiger partial charge < -0.3 is 24.5 Å². The summed E-state index contributed by atoms with van der Waals surface area (Å²) in [5.74, 6) is -3.94. The largest absolute Gasteiger partial charge is 0.478 e. The third-order valence-corrected chi connectivity index (χ3v) is 10.7. The second-order valence-corrected chi connectivity index (χ2v) is 13.5. The lowest BCUT2D eigenvalue weighted by atomic mass is 9.46. The number of Topliss-reactive ketones (excluding diaryl/α,β-unsaturated/α-hetero) is 1. The molecule has 3 saturated carbocycles. The van der Waals surface area contributed by atoms with Crippen LogP contribution in [0, 0.1) is 50.5 Å². The van der Waals surface area contributed by atoms with Crippen molar-refractivity contribution in [3.8, 4) is 0 Å². The van der Waals surface area contributed by atoms with Crippen LogP contribution in [0.2, 0.25) is 0 Å². The predicted molar refractivity (Wildman–Crippen MR) is 156 cm³/mol. The van der Waals surface area contributed by atoms with Gasteiger partial charge in [-0.1, -0.05) is 38.8 Å². The molecule has 13 heteroatoms. The number of aliphatic hydroxyl groups excluding tert-OH is 1. The molecular formula is C32H43NO12. The summed E-state index contributed by atoms with van der Waals surface area (Å²) in [6, 6.07) is 0. The predicted octanol–water partition coefficient (Wildman–Crippen LogP) is 3.39. The van der Waals surface area contributed by atoms with Crippen LogP contribution in [0.1, 0.15) is 78.6 Å². The summed E-state index contributed by atoms with van der Waals surface area (Å²) in [4.78, 5) is 76.2. The number of carboxylic acids is 1. The molecule has 0 aromatic heterocycles. The van der Waals surface area contributed by atoms with Crippen LogP contribution in [0.3, 0.4) is 0 Å². The van der Waals surface area contributed by atoms with Crippen LogP contribution >= 0.6 is 0 Å². The van der Waals surface area contributed by atoms with E-state index in [1.807, 2.05) is 19.9 Å². The molecule has 9 atom stereocenters. The van der Waals surface area contributed by atoms with Gasteiger partial charge in [0.2, 0.25) is 6.10 Å². The lowest BCUT2D eigenvalue weighted by Crippen LogP contribution is -2.56. The number of carbonyl (C=O) groups is 5. The topological polar surface area (TPSA) is 197 Å². The number of ketones is 2. The van der Waals surface area contributed by atoms with Gasteiger partial charge in [0.1, 0.15) is 6.61 Å². The number of nitrogens with zero attached hydrogens (tertiary/aromatic N) is 1. The number of allylic oxidation sites excluding steroid dienone is 4. The van der Waals surface area contributed by atoms with Crippen LogP contribution in [-0.4, -0.2) is 70.2 Å². The fourth-order valence-electron chi connectivity index (χ4n) is 8.91. The zero-order valence-corrected chi connectivity index (χ0v) is 26.0. The Morgan fingerprint density at radius 1 is 1.16 bits per heavy atom. The van der Waals surface area contributed by atoms with Gasteiger partial charge in [0.25, 0.3) is 5.09 Å². The van der Waals surface area contributed by atoms with Crippen LogP contribution in [-0.2, 0) is 38.3 Å². The van der Waals surface area contributed by atoms with Crippen molar-refractivity contribution in [2.75, 3.05) is 13.2 Å². The van der Waals surface area contributed by atoms with Crippen LogP contribution in [0.5, 0.6) is 0 Å². The molecule has 0 amide bonds. The van der Waals surface area contributed by atoms with E-state index in [-0.39, 0.29) is 54.7 Å². The average Bonchev–Trinajstić information content (AvgIpc) is 3.22. The zero-order valence-electron chi connectivity index (χ0n) is 26.0. The maximum atomic E-state index is 13.6. The van der Waals surface area contributed by atoms with Crippen molar-refractivity contribution < 1.29 is 53.6 Å². The molecular weight excluding hydrogens is 590 g/mol. The highest BCUT2D eigenvalue weighted by molar-refractivity contribution is 6.01. The molecule has 0 radical (unpaired) electrons. The van der Waals surface area contributed by atoms with Crippen molar-refractivity contribution in [2.45, 2.75) is 90.8 Å². The highest BCUT2D eigenvalue weighted by Gasteiger charge is 2.64. The molecule has 0 spiro atoms. The van der Waals surface area contributed by atoms with Crippen LogP contribution in [0.15, 0.2) is 23.8 Å². The number of aliphatic hydroxyl groups is 1. The number of esters is 2. The second kappa shape index (κ2) is 13.8. The van der Waals surface area contributed by atoms with Gasteiger partial charge in [-0.2, -0.15) is 0 Å². The van der Waals surface area contributed by atoms with E-state index in [2.05, 4.69) is 11.8 Å². The first-order chi connectivity index (χ1) is 21.2. The van der Waals surface area contributed by atoms with Gasteiger partial charge in [-0.15, -0.1) is 10.1 Å². The summed E-state index contributed by atoms with van der Waals surface area (Å²) in [6.45, 7) is 5.45. The summed E-state index contributed by atoms with van der Waals surface area (Å²) in [7, 11) is 0. The average molecular weight is 634 g/mol. The van der Waals surface area contributed by atoms with Gasteiger partial charge in [-0.05, 0) is 73.8 Å². The van der Waals surface area contributed by atoms with Crippen LogP contribution in [0.25, 0.3) is 0 Å². The van der Waals surface area contributed by atoms with E-state index >= 15 is 0 Å². The smallest absolute Gasteiger partial charge is 0.345 e. The molecule has 13 nitrogen and oxygen atoms in total. The third-order valence-electron chi connectivity index (χ3n) is 10.7. The molecule has 248 valence electrons. The first-order valence-corrected chi connectivity index (χ1v) is 15.7. The maximum Gasteiger partial charge on any atom is 0.345 e. The summed E-state index contributed by atoms with van der Waals surface area (Å²) in [5.41, 5.74) is 0.107. The van der Waals surface area contributed by atoms with Crippen LogP contribution < -0.4 is 0 Å². The van der Waals surface area contributed by atoms with Crippen molar-refractivity contribution in [3.05, 3.63) is 33.9 Å². The number of rotatable bonds is 14. The van der Waals surface area contributed by atoms with E-state index in [0.717, 1.165) is 24.8 Å². The Hall–Kier alpha value is -3.61. The standard InChI is InChI=1S/C32H43NO12/c1-18-13-22-21-9-8-19-14-20(34)10-11-31(19,2)29(21)23(35)16-32(22,3)28(18)24(36)17-43-27(38)15-25(30(39)40)45-26(37)7-5-4-6-12-44-33(41)42/h10-11,14,18,21-23,25,28-29,35H,4-9,12-13,15-17H2,1-3H3,(H,39,40)/t18-,21?,22?,23?,25?,28?,29?,31?,32?/m1/s1. The van der Waals surface area contributed by atoms with Gasteiger partial charge in [0.05, 0.1) is 19.1 Å². The first kappa shape index (κ1) is 34.3. The fraction of sp³-hybridized carbons (Fsp3) is 0.719. The Balaban J connectivity index is 1.31. The lowest BCUT2D eigenvalue weighted by Gasteiger charge is -2.58. The van der Waals surface area contributed by atoms with E-state index in [4.69, 9.17) is 9.47 Å². The minimum atomic E-state index is -1.79. The van der Waals surface area contributed by atoms with Crippen molar-refractivity contribution in [1.29, 1.82) is 0 Å². The molecule has 0 aliphatic heterocycles. The molecule has 0 saturated heterocycles. The molecule has 4 rings (SSSR count). The third kappa shape index (κ3) is 7.29. The minimum Gasteiger partial charge on any atom is -0.478 e. The highest BCUT2D eigenvalue weighted by atomic mass is 16.9. The Labute approximate surface area is 261 Å². The highest BCUT2D eigenvalue weighted by Crippen LogP contribution is 2.67. The van der Waals surface area contributed by atoms with Crippen LogP contribution in [0.4, 0.5) is 0 Å². The van der Waals surface area contributed by atoms with Crippen molar-refractivity contribution in [2.24, 2.45) is 40.4 Å². The molecule has 3 fully saturated rings. The van der Waals surface area contributed by atoms with E-state index in [0.29, 0.717) is 19.3 Å². The summed E-state index contributed by atoms with van der Waals surface area (Å²) < 4.78 is 10.1. The van der Waals surface area contributed by atoms with Gasteiger partial charge in [0.15, 0.2) is 11.6 Å². The number of hydrogen-bond acceptors (Lipinski definition) is 11. The molecule has 0 bridgehead atoms. The summed E-state index contributed by atoms with van der Waals surface area (Å²) >= 11 is 0. The summed E-state index contributed by atoms with van der Waals surface area (Å²) in [6.07, 6.45) is 5.62. The van der Waals surface area contributed by atoms with Gasteiger partial charge in [-0.3, -0.25) is 19.2 Å². The molecule has 0 aromatic rings. The van der Waals surface area contributed by atoms with Crippen molar-refractivity contribution in [1.82, 2.24) is 0 Å². The number of carboxylic acid groups (broad SMARTS) is 1. The monoisotopic (exact) mass is 633 g/mol. The van der Waals surface area contributed by atoms with E-state index in [1.165, 1.54) is 0 Å². The Morgan fingerprint density at radius 3 is 2.58 bits per heavy atom. The SMILES string of the molecule is C[C@@H]1CC2C3CCC4=CC(=O)C=CC4(C)C3C(O)CC2(C)C1C(=O)COC(=O)CC(OC(=O)CCCCCO[N+](=O)[O-])C(=O)O. The fourth-order valence-corrected chi connectivity index (χ4v) is 8.91. The minimum absolute atomic E-state index is 0.0239. The van der Waals surface area contributed by atoms with Crippen molar-refractivity contribution >= 4 is 29.5 Å². The quantitative estimate of drug-likeness (QED) is 0.123. The van der Waals surface area contributed by atoms with Crippen molar-refractivity contribution in [3.63, 3.8) is 0 Å². The number of hydrogen-bond donors (Lipinski definition) is 2. The number of aliphatic carboxylic acids is 1. The Morgan fingerprint density at radius 2 is 1.89 bits per heavy atom. The maximum absolute atomic E-state index is 13.6. The molecule has 45 heavy (non-hydrogen) atoms. The van der Waals surface area contributed by atoms with E-state index in [1.54, 1.807) is 12.2 Å². The number of carbonyl (C=O) groups excluding carboxylic acids is 4. The van der Waals surface area contributed by atoms with Gasteiger partial charge >= 0.3 is 17.9 Å². The zero-order chi connectivity index (χ0) is 33.1. The lowest BCUT2D eigenvalue weighted by molar-refractivity contribution is -0.757. The van der Waals surface area contributed by atoms with E-state index in [9.17, 15) is 44.3 Å². The first-order valence-electron chi connectivity index (χ1n) is 15.7. The Kier molecular flexibility index (Phi) is 10.5. The second-order valence-electron chi connectivity index (χ2n) is 13.5. The number of ether oxygens (including phenoxy) is 2. The van der Waals surface area contributed by atoms with Gasteiger partial charge in [-0.25, -0.2) is 4.79 Å². The van der Waals surface area contributed by atoms with E-state index < -0.39 is 65.0 Å². The molecule has 0 heterocycles. The number of unbranched alkanes of at least 4 members (excludes halogenated alkanes) is 2.